The van der Waals surface area contributed by atoms with Gasteiger partial charge in [-0.1, -0.05) is 0 Å². The van der Waals surface area contributed by atoms with Crippen molar-refractivity contribution in [2.24, 2.45) is 0 Å². The summed E-state index contributed by atoms with van der Waals surface area (Å²) in [5, 5.41) is 36.5. The van der Waals surface area contributed by atoms with Gasteiger partial charge in [0.1, 0.15) is 6.10 Å². The van der Waals surface area contributed by atoms with Crippen LogP contribution >= 0.6 is 0 Å². The van der Waals surface area contributed by atoms with Gasteiger partial charge in [-0.2, -0.15) is 0 Å². The summed E-state index contributed by atoms with van der Waals surface area (Å²) in [7, 11) is 0. The van der Waals surface area contributed by atoms with E-state index in [4.69, 9.17) is 10.2 Å². The molecule has 84 valence electrons. The lowest BCUT2D eigenvalue weighted by Crippen LogP contribution is -2.20. The minimum absolute atomic E-state index is 0.0149. The molecule has 0 radical (unpaired) electrons. The van der Waals surface area contributed by atoms with Crippen molar-refractivity contribution in [3.05, 3.63) is 28.2 Å². The van der Waals surface area contributed by atoms with Crippen molar-refractivity contribution in [2.75, 3.05) is 6.61 Å². The molecule has 0 aliphatic rings. The van der Waals surface area contributed by atoms with Gasteiger partial charge >= 0.3 is 0 Å². The maximum absolute atomic E-state index is 10.8. The Bertz CT molecular complexity index is 375. The lowest BCUT2D eigenvalue weighted by molar-refractivity contribution is 0.00393. The van der Waals surface area contributed by atoms with Crippen LogP contribution in [0.25, 0.3) is 0 Å². The van der Waals surface area contributed by atoms with Crippen LogP contribution in [-0.4, -0.2) is 38.1 Å². The van der Waals surface area contributed by atoms with Gasteiger partial charge in [0.15, 0.2) is 5.75 Å². The Hall–Kier alpha value is -1.37. The van der Waals surface area contributed by atoms with Gasteiger partial charge in [0.25, 0.3) is 5.56 Å². The molecule has 1 aromatic rings. The summed E-state index contributed by atoms with van der Waals surface area (Å²) in [4.78, 5) is 13.0. The molecule has 0 spiro atoms. The van der Waals surface area contributed by atoms with Crippen LogP contribution in [-0.2, 0) is 0 Å². The average Bonchev–Trinajstić information content (AvgIpc) is 2.21. The Morgan fingerprint density at radius 2 is 2.07 bits per heavy atom. The van der Waals surface area contributed by atoms with Crippen molar-refractivity contribution in [3.63, 3.8) is 0 Å². The smallest absolute Gasteiger partial charge is 0.290 e. The van der Waals surface area contributed by atoms with E-state index in [9.17, 15) is 15.0 Å². The van der Waals surface area contributed by atoms with E-state index in [0.717, 1.165) is 6.07 Å². The molecular formula is C9H13NO5. The van der Waals surface area contributed by atoms with E-state index in [1.54, 1.807) is 0 Å². The Morgan fingerprint density at radius 1 is 1.40 bits per heavy atom. The van der Waals surface area contributed by atoms with E-state index in [0.29, 0.717) is 0 Å². The Labute approximate surface area is 85.4 Å². The molecule has 15 heavy (non-hydrogen) atoms. The highest BCUT2D eigenvalue weighted by Gasteiger charge is 2.18. The van der Waals surface area contributed by atoms with E-state index in [-0.39, 0.29) is 18.6 Å². The second kappa shape index (κ2) is 4.92. The first-order valence-electron chi connectivity index (χ1n) is 4.45. The number of aromatic hydroxyl groups is 1. The van der Waals surface area contributed by atoms with Crippen LogP contribution in [0.1, 0.15) is 18.1 Å². The predicted molar refractivity (Wildman–Crippen MR) is 51.4 cm³/mol. The lowest BCUT2D eigenvalue weighted by atomic mass is 10.0. The molecule has 0 aliphatic heterocycles. The van der Waals surface area contributed by atoms with Crippen LogP contribution in [0.15, 0.2) is 17.1 Å². The normalized spacial score (nSPS) is 14.9. The summed E-state index contributed by atoms with van der Waals surface area (Å²) in [6, 6.07) is 1.07. The third-order valence-electron chi connectivity index (χ3n) is 2.04. The van der Waals surface area contributed by atoms with Gasteiger partial charge in [-0.15, -0.1) is 0 Å². The van der Waals surface area contributed by atoms with Crippen LogP contribution in [0.2, 0.25) is 0 Å². The number of aliphatic hydroxyl groups excluding tert-OH is 3. The molecule has 0 bridgehead atoms. The monoisotopic (exact) mass is 215 g/mol. The molecule has 2 atom stereocenters. The number of hydrogen-bond acceptors (Lipinski definition) is 5. The molecule has 1 heterocycles. The molecule has 1 rings (SSSR count). The highest BCUT2D eigenvalue weighted by Crippen LogP contribution is 2.19. The fourth-order valence-electron chi connectivity index (χ4n) is 1.17. The highest BCUT2D eigenvalue weighted by molar-refractivity contribution is 5.24. The number of nitrogens with one attached hydrogen (secondary N) is 1. The Kier molecular flexibility index (Phi) is 3.84. The lowest BCUT2D eigenvalue weighted by Gasteiger charge is -2.16. The first-order valence-corrected chi connectivity index (χ1v) is 4.45. The zero-order valence-electron chi connectivity index (χ0n) is 7.92. The fourth-order valence-corrected chi connectivity index (χ4v) is 1.17. The van der Waals surface area contributed by atoms with Crippen molar-refractivity contribution in [1.29, 1.82) is 0 Å². The highest BCUT2D eigenvalue weighted by atomic mass is 16.3. The molecule has 0 aromatic carbocycles. The second-order valence-corrected chi connectivity index (χ2v) is 3.17. The zero-order chi connectivity index (χ0) is 11.4. The van der Waals surface area contributed by atoms with Gasteiger partial charge in [0.05, 0.1) is 6.10 Å². The summed E-state index contributed by atoms with van der Waals surface area (Å²) in [5.41, 5.74) is -0.476. The van der Waals surface area contributed by atoms with Gasteiger partial charge < -0.3 is 25.4 Å². The number of aromatic amines is 1. The van der Waals surface area contributed by atoms with Gasteiger partial charge in [0, 0.05) is 18.4 Å². The van der Waals surface area contributed by atoms with Gasteiger partial charge in [-0.05, 0) is 12.5 Å². The SMILES string of the molecule is O=c1[nH]cc(C(O)C(O)CCO)cc1O. The predicted octanol–water partition coefficient (Wildman–Crippen LogP) is -1.14. The molecule has 0 fully saturated rings. The Morgan fingerprint density at radius 3 is 2.60 bits per heavy atom. The topological polar surface area (TPSA) is 114 Å². The van der Waals surface area contributed by atoms with E-state index in [2.05, 4.69) is 4.98 Å². The minimum atomic E-state index is -1.25. The molecule has 1 aromatic heterocycles. The zero-order valence-corrected chi connectivity index (χ0v) is 7.92. The second-order valence-electron chi connectivity index (χ2n) is 3.17. The largest absolute Gasteiger partial charge is 0.503 e. The van der Waals surface area contributed by atoms with Crippen LogP contribution in [0.3, 0.4) is 0 Å². The number of H-pyrrole nitrogens is 1. The number of pyridine rings is 1. The van der Waals surface area contributed by atoms with E-state index < -0.39 is 23.5 Å². The van der Waals surface area contributed by atoms with Gasteiger partial charge in [0.2, 0.25) is 0 Å². The third kappa shape index (κ3) is 2.79. The van der Waals surface area contributed by atoms with Crippen LogP contribution in [0, 0.1) is 0 Å². The molecule has 5 N–H and O–H groups in total. The number of aliphatic hydroxyl groups is 3. The molecule has 2 unspecified atom stereocenters. The van der Waals surface area contributed by atoms with Crippen molar-refractivity contribution in [1.82, 2.24) is 4.98 Å². The van der Waals surface area contributed by atoms with Crippen molar-refractivity contribution < 1.29 is 20.4 Å². The van der Waals surface area contributed by atoms with Crippen LogP contribution < -0.4 is 5.56 Å². The van der Waals surface area contributed by atoms with Gasteiger partial charge in [-0.25, -0.2) is 0 Å². The average molecular weight is 215 g/mol. The standard InChI is InChI=1S/C9H13NO5/c11-2-1-6(12)8(14)5-3-7(13)9(15)10-4-5/h3-4,6,8,11-14H,1-2H2,(H,10,15). The molecular weight excluding hydrogens is 202 g/mol. The fraction of sp³-hybridized carbons (Fsp3) is 0.444. The summed E-state index contributed by atoms with van der Waals surface area (Å²) >= 11 is 0. The van der Waals surface area contributed by atoms with E-state index in [1.165, 1.54) is 6.20 Å². The van der Waals surface area contributed by atoms with Crippen molar-refractivity contribution >= 4 is 0 Å². The first-order chi connectivity index (χ1) is 7.06. The number of aromatic nitrogens is 1. The molecule has 6 heteroatoms. The summed E-state index contributed by atoms with van der Waals surface area (Å²) in [6.07, 6.45) is -1.17. The van der Waals surface area contributed by atoms with Gasteiger partial charge in [-0.3, -0.25) is 4.79 Å². The first kappa shape index (κ1) is 11.7. The molecule has 0 saturated carbocycles. The third-order valence-corrected chi connectivity index (χ3v) is 2.04. The molecule has 0 amide bonds. The molecule has 0 saturated heterocycles. The van der Waals surface area contributed by atoms with Crippen LogP contribution in [0.4, 0.5) is 0 Å². The summed E-state index contributed by atoms with van der Waals surface area (Å²) < 4.78 is 0. The van der Waals surface area contributed by atoms with E-state index >= 15 is 0 Å². The minimum Gasteiger partial charge on any atom is -0.503 e. The molecule has 6 nitrogen and oxygen atoms in total. The maximum Gasteiger partial charge on any atom is 0.290 e. The van der Waals surface area contributed by atoms with Crippen molar-refractivity contribution in [2.45, 2.75) is 18.6 Å². The summed E-state index contributed by atoms with van der Waals surface area (Å²) in [6.45, 7) is -0.256. The van der Waals surface area contributed by atoms with Crippen molar-refractivity contribution in [3.8, 4) is 5.75 Å². The quantitative estimate of drug-likeness (QED) is 0.435. The van der Waals surface area contributed by atoms with Crippen LogP contribution in [0.5, 0.6) is 5.75 Å². The summed E-state index contributed by atoms with van der Waals surface area (Å²) in [5.74, 6) is -0.525. The maximum atomic E-state index is 10.8. The molecule has 0 aliphatic carbocycles. The number of hydrogen-bond donors (Lipinski definition) is 5. The van der Waals surface area contributed by atoms with E-state index in [1.807, 2.05) is 0 Å². The Balaban J connectivity index is 2.86. The number of rotatable bonds is 4.